The van der Waals surface area contributed by atoms with Crippen molar-refractivity contribution in [3.05, 3.63) is 35.4 Å². The summed E-state index contributed by atoms with van der Waals surface area (Å²) in [4.78, 5) is 0. The van der Waals surface area contributed by atoms with Gasteiger partial charge in [-0.2, -0.15) is 0 Å². The molecule has 0 amide bonds. The summed E-state index contributed by atoms with van der Waals surface area (Å²) in [5, 5.41) is 3.70. The molecule has 1 saturated carbocycles. The van der Waals surface area contributed by atoms with Crippen molar-refractivity contribution in [2.24, 2.45) is 5.92 Å². The van der Waals surface area contributed by atoms with Crippen LogP contribution in [0.5, 0.6) is 0 Å². The van der Waals surface area contributed by atoms with Gasteiger partial charge in [0.05, 0.1) is 0 Å². The summed E-state index contributed by atoms with van der Waals surface area (Å²) in [7, 11) is 0. The van der Waals surface area contributed by atoms with E-state index < -0.39 is 0 Å². The number of hydrogen-bond acceptors (Lipinski definition) is 1. The van der Waals surface area contributed by atoms with E-state index in [1.54, 1.807) is 11.1 Å². The standard InChI is InChI=1S/C19H29N/c1-2-20-15-19(17-11-4-3-5-12-17)14-8-10-16-9-6-7-13-18(16)19/h6-7,9,13,17,20H,2-5,8,10-12,14-15H2,1H3. The molecular formula is C19H29N. The lowest BCUT2D eigenvalue weighted by atomic mass is 9.59. The predicted molar refractivity (Wildman–Crippen MR) is 86.2 cm³/mol. The highest BCUT2D eigenvalue weighted by atomic mass is 14.9. The highest BCUT2D eigenvalue weighted by Crippen LogP contribution is 2.47. The van der Waals surface area contributed by atoms with Crippen LogP contribution in [-0.4, -0.2) is 13.1 Å². The van der Waals surface area contributed by atoms with Crippen molar-refractivity contribution in [3.63, 3.8) is 0 Å². The smallest absolute Gasteiger partial charge is 0.0109 e. The van der Waals surface area contributed by atoms with Crippen LogP contribution in [0.25, 0.3) is 0 Å². The van der Waals surface area contributed by atoms with E-state index in [0.717, 1.165) is 12.5 Å². The molecule has 0 aliphatic heterocycles. The second-order valence-electron chi connectivity index (χ2n) is 6.78. The first-order chi connectivity index (χ1) is 9.87. The Morgan fingerprint density at radius 2 is 1.90 bits per heavy atom. The minimum atomic E-state index is 0.422. The number of fused-ring (bicyclic) bond motifs is 1. The van der Waals surface area contributed by atoms with Gasteiger partial charge < -0.3 is 5.32 Å². The topological polar surface area (TPSA) is 12.0 Å². The molecule has 1 nitrogen and oxygen atoms in total. The van der Waals surface area contributed by atoms with Gasteiger partial charge in [-0.25, -0.2) is 0 Å². The van der Waals surface area contributed by atoms with Gasteiger partial charge in [0.25, 0.3) is 0 Å². The molecule has 1 N–H and O–H groups in total. The molecular weight excluding hydrogens is 242 g/mol. The lowest BCUT2D eigenvalue weighted by Crippen LogP contribution is -2.47. The van der Waals surface area contributed by atoms with Crippen LogP contribution in [0.4, 0.5) is 0 Å². The molecule has 0 heterocycles. The van der Waals surface area contributed by atoms with E-state index in [-0.39, 0.29) is 0 Å². The van der Waals surface area contributed by atoms with E-state index in [1.807, 2.05) is 0 Å². The molecule has 110 valence electrons. The molecule has 20 heavy (non-hydrogen) atoms. The summed E-state index contributed by atoms with van der Waals surface area (Å²) in [6, 6.07) is 9.29. The van der Waals surface area contributed by atoms with Gasteiger partial charge in [-0.05, 0) is 55.7 Å². The quantitative estimate of drug-likeness (QED) is 0.853. The maximum absolute atomic E-state index is 3.70. The van der Waals surface area contributed by atoms with Crippen molar-refractivity contribution in [1.82, 2.24) is 5.32 Å². The fraction of sp³-hybridized carbons (Fsp3) is 0.684. The fourth-order valence-electron chi connectivity index (χ4n) is 4.71. The third-order valence-corrected chi connectivity index (χ3v) is 5.70. The molecule has 2 aliphatic carbocycles. The van der Waals surface area contributed by atoms with Crippen molar-refractivity contribution in [3.8, 4) is 0 Å². The second kappa shape index (κ2) is 6.30. The Morgan fingerprint density at radius 3 is 2.70 bits per heavy atom. The molecule has 1 aromatic carbocycles. The minimum absolute atomic E-state index is 0.422. The molecule has 0 saturated heterocycles. The number of likely N-dealkylation sites (N-methyl/N-ethyl adjacent to an activating group) is 1. The van der Waals surface area contributed by atoms with Crippen LogP contribution >= 0.6 is 0 Å². The van der Waals surface area contributed by atoms with Crippen molar-refractivity contribution in [2.45, 2.75) is 63.7 Å². The van der Waals surface area contributed by atoms with E-state index >= 15 is 0 Å². The van der Waals surface area contributed by atoms with E-state index in [0.29, 0.717) is 5.41 Å². The summed E-state index contributed by atoms with van der Waals surface area (Å²) in [5.41, 5.74) is 3.73. The summed E-state index contributed by atoms with van der Waals surface area (Å²) >= 11 is 0. The molecule has 0 aromatic heterocycles. The van der Waals surface area contributed by atoms with E-state index in [1.165, 1.54) is 57.9 Å². The van der Waals surface area contributed by atoms with Gasteiger partial charge in [-0.15, -0.1) is 0 Å². The molecule has 2 aliphatic rings. The van der Waals surface area contributed by atoms with Crippen molar-refractivity contribution in [2.75, 3.05) is 13.1 Å². The van der Waals surface area contributed by atoms with Crippen molar-refractivity contribution < 1.29 is 0 Å². The summed E-state index contributed by atoms with van der Waals surface area (Å²) in [6.07, 6.45) is 11.3. The zero-order valence-electron chi connectivity index (χ0n) is 13.0. The zero-order chi connectivity index (χ0) is 13.8. The number of hydrogen-bond donors (Lipinski definition) is 1. The van der Waals surface area contributed by atoms with E-state index in [9.17, 15) is 0 Å². The van der Waals surface area contributed by atoms with E-state index in [4.69, 9.17) is 0 Å². The Labute approximate surface area is 124 Å². The van der Waals surface area contributed by atoms with E-state index in [2.05, 4.69) is 36.5 Å². The Morgan fingerprint density at radius 1 is 1.10 bits per heavy atom. The largest absolute Gasteiger partial charge is 0.316 e. The van der Waals surface area contributed by atoms with Crippen molar-refractivity contribution >= 4 is 0 Å². The van der Waals surface area contributed by atoms with Crippen LogP contribution in [0.3, 0.4) is 0 Å². The molecule has 1 unspecified atom stereocenters. The monoisotopic (exact) mass is 271 g/mol. The SMILES string of the molecule is CCNCC1(C2CCCCC2)CCCc2ccccc21. The Balaban J connectivity index is 1.97. The minimum Gasteiger partial charge on any atom is -0.316 e. The van der Waals surface area contributed by atoms with Crippen LogP contribution < -0.4 is 5.32 Å². The summed E-state index contributed by atoms with van der Waals surface area (Å²) < 4.78 is 0. The average molecular weight is 271 g/mol. The molecule has 3 rings (SSSR count). The maximum Gasteiger partial charge on any atom is 0.0109 e. The fourth-order valence-corrected chi connectivity index (χ4v) is 4.71. The number of benzene rings is 1. The zero-order valence-corrected chi connectivity index (χ0v) is 13.0. The lowest BCUT2D eigenvalue weighted by molar-refractivity contribution is 0.172. The first-order valence-corrected chi connectivity index (χ1v) is 8.66. The number of aryl methyl sites for hydroxylation is 1. The second-order valence-corrected chi connectivity index (χ2v) is 6.78. The van der Waals surface area contributed by atoms with Crippen LogP contribution in [0.15, 0.2) is 24.3 Å². The first-order valence-electron chi connectivity index (χ1n) is 8.66. The Kier molecular flexibility index (Phi) is 4.45. The lowest BCUT2D eigenvalue weighted by Gasteiger charge is -2.47. The van der Waals surface area contributed by atoms with Gasteiger partial charge in [-0.3, -0.25) is 0 Å². The van der Waals surface area contributed by atoms with Crippen molar-refractivity contribution in [1.29, 1.82) is 0 Å². The Hall–Kier alpha value is -0.820. The maximum atomic E-state index is 3.70. The molecule has 0 radical (unpaired) electrons. The molecule has 1 aromatic rings. The van der Waals surface area contributed by atoms with Gasteiger partial charge in [-0.1, -0.05) is 50.5 Å². The third-order valence-electron chi connectivity index (χ3n) is 5.70. The van der Waals surface area contributed by atoms with Gasteiger partial charge in [0.1, 0.15) is 0 Å². The van der Waals surface area contributed by atoms with Crippen LogP contribution in [0.1, 0.15) is 63.0 Å². The van der Waals surface area contributed by atoms with Crippen LogP contribution in [-0.2, 0) is 11.8 Å². The molecule has 1 atom stereocenters. The number of nitrogens with one attached hydrogen (secondary N) is 1. The predicted octanol–water partition coefficient (Wildman–Crippen LogP) is 4.45. The van der Waals surface area contributed by atoms with Gasteiger partial charge >= 0.3 is 0 Å². The van der Waals surface area contributed by atoms with Gasteiger partial charge in [0.15, 0.2) is 0 Å². The summed E-state index contributed by atoms with van der Waals surface area (Å²) in [5.74, 6) is 0.900. The number of rotatable bonds is 4. The van der Waals surface area contributed by atoms with Crippen LogP contribution in [0, 0.1) is 5.92 Å². The summed E-state index contributed by atoms with van der Waals surface area (Å²) in [6.45, 7) is 4.52. The van der Waals surface area contributed by atoms with Crippen LogP contribution in [0.2, 0.25) is 0 Å². The van der Waals surface area contributed by atoms with Gasteiger partial charge in [0, 0.05) is 12.0 Å². The Bertz CT molecular complexity index is 433. The third kappa shape index (κ3) is 2.53. The molecule has 1 heteroatoms. The molecule has 1 fully saturated rings. The van der Waals surface area contributed by atoms with Gasteiger partial charge in [0.2, 0.25) is 0 Å². The highest BCUT2D eigenvalue weighted by molar-refractivity contribution is 5.38. The molecule has 0 bridgehead atoms. The molecule has 0 spiro atoms. The normalized spacial score (nSPS) is 27.2. The highest BCUT2D eigenvalue weighted by Gasteiger charge is 2.42. The first kappa shape index (κ1) is 14.1. The average Bonchev–Trinajstić information content (AvgIpc) is 2.54.